The summed E-state index contributed by atoms with van der Waals surface area (Å²) >= 11 is 0. The van der Waals surface area contributed by atoms with E-state index in [1.807, 2.05) is 57.0 Å². The SMILES string of the molecule is C[C@@H]1C[C@@H](O)CN1C(=O)[C@@H](NC(=O)CCCCCC(=O)N1CCN(c2ccc(Nc3ncc4cc5n(c4n3)C3(CCCCC3)CNC5=O)nc2)CC1)C(C)(C)C. The Hall–Kier alpha value is -4.79. The third kappa shape index (κ3) is 8.47. The molecule has 3 aromatic rings. The third-order valence-electron chi connectivity index (χ3n) is 12.1. The number of amides is 4. The summed E-state index contributed by atoms with van der Waals surface area (Å²) in [5.41, 5.74) is 1.78. The second kappa shape index (κ2) is 16.4. The lowest BCUT2D eigenvalue weighted by atomic mass is 9.80. The van der Waals surface area contributed by atoms with E-state index in [4.69, 9.17) is 4.98 Å². The van der Waals surface area contributed by atoms with Crippen LogP contribution in [0.15, 0.2) is 30.6 Å². The number of aliphatic hydroxyl groups excluding tert-OH is 1. The number of hydrogen-bond donors (Lipinski definition) is 4. The summed E-state index contributed by atoms with van der Waals surface area (Å²) in [7, 11) is 0. The van der Waals surface area contributed by atoms with Gasteiger partial charge in [-0.05, 0) is 62.6 Å². The van der Waals surface area contributed by atoms with Gasteiger partial charge in [0.15, 0.2) is 0 Å². The van der Waals surface area contributed by atoms with Gasteiger partial charge in [-0.15, -0.1) is 0 Å². The highest BCUT2D eigenvalue weighted by Crippen LogP contribution is 2.40. The molecule has 0 unspecified atom stereocenters. The number of rotatable bonds is 11. The number of β-amino-alcohol motifs (C(OH)–C–C–N with tert-alkyl or cyclic N) is 1. The molecule has 4 aliphatic rings. The Balaban J connectivity index is 0.844. The maximum atomic E-state index is 13.3. The van der Waals surface area contributed by atoms with E-state index in [0.29, 0.717) is 88.8 Å². The number of aliphatic hydroxyl groups is 1. The Labute approximate surface area is 329 Å². The van der Waals surface area contributed by atoms with Crippen LogP contribution >= 0.6 is 0 Å². The van der Waals surface area contributed by atoms with Crippen molar-refractivity contribution in [1.29, 1.82) is 0 Å². The van der Waals surface area contributed by atoms with E-state index in [9.17, 15) is 24.3 Å². The summed E-state index contributed by atoms with van der Waals surface area (Å²) in [4.78, 5) is 71.9. The predicted molar refractivity (Wildman–Crippen MR) is 214 cm³/mol. The lowest BCUT2D eigenvalue weighted by Gasteiger charge is -2.42. The maximum absolute atomic E-state index is 13.3. The van der Waals surface area contributed by atoms with Crippen molar-refractivity contribution in [2.24, 2.45) is 5.41 Å². The Bertz CT molecular complexity index is 1910. The number of anilines is 3. The van der Waals surface area contributed by atoms with E-state index in [1.165, 1.54) is 6.42 Å². The van der Waals surface area contributed by atoms with Gasteiger partial charge in [0.05, 0.1) is 23.5 Å². The molecule has 1 aliphatic carbocycles. The number of piperazine rings is 1. The van der Waals surface area contributed by atoms with Crippen molar-refractivity contribution in [2.45, 2.75) is 122 Å². The number of nitrogens with one attached hydrogen (secondary N) is 3. The number of aromatic nitrogens is 4. The molecule has 1 spiro atoms. The van der Waals surface area contributed by atoms with Crippen molar-refractivity contribution >= 4 is 52.1 Å². The molecule has 4 N–H and O–H groups in total. The fourth-order valence-corrected chi connectivity index (χ4v) is 8.95. The fraction of sp³-hybridized carbons (Fsp3) is 0.634. The summed E-state index contributed by atoms with van der Waals surface area (Å²) in [5.74, 6) is 0.800. The minimum Gasteiger partial charge on any atom is -0.391 e. The average Bonchev–Trinajstić information content (AvgIpc) is 3.75. The van der Waals surface area contributed by atoms with Crippen molar-refractivity contribution in [2.75, 3.05) is 49.5 Å². The van der Waals surface area contributed by atoms with Crippen LogP contribution < -0.4 is 20.9 Å². The maximum Gasteiger partial charge on any atom is 0.268 e. The van der Waals surface area contributed by atoms with Crippen LogP contribution in [0.2, 0.25) is 0 Å². The van der Waals surface area contributed by atoms with Crippen molar-refractivity contribution in [3.8, 4) is 0 Å². The summed E-state index contributed by atoms with van der Waals surface area (Å²) in [6.07, 6.45) is 12.0. The first-order valence-corrected chi connectivity index (χ1v) is 20.5. The number of fused-ring (bicyclic) bond motifs is 4. The van der Waals surface area contributed by atoms with E-state index in [1.54, 1.807) is 11.1 Å². The molecule has 1 saturated carbocycles. The molecule has 3 aromatic heterocycles. The van der Waals surface area contributed by atoms with Crippen molar-refractivity contribution in [1.82, 2.24) is 40.0 Å². The zero-order valence-electron chi connectivity index (χ0n) is 33.4. The van der Waals surface area contributed by atoms with Crippen LogP contribution in [0.4, 0.5) is 17.5 Å². The lowest BCUT2D eigenvalue weighted by molar-refractivity contribution is -0.140. The van der Waals surface area contributed by atoms with Gasteiger partial charge in [-0.1, -0.05) is 46.5 Å². The van der Waals surface area contributed by atoms with Gasteiger partial charge in [0.1, 0.15) is 23.2 Å². The van der Waals surface area contributed by atoms with Crippen LogP contribution in [0.5, 0.6) is 0 Å². The zero-order valence-corrected chi connectivity index (χ0v) is 33.4. The number of likely N-dealkylation sites (tertiary alicyclic amines) is 1. The Morgan fingerprint density at radius 2 is 1.75 bits per heavy atom. The van der Waals surface area contributed by atoms with Crippen LogP contribution in [0.3, 0.4) is 0 Å². The molecule has 4 amide bonds. The molecule has 7 rings (SSSR count). The molecular formula is C41H58N10O5. The first-order chi connectivity index (χ1) is 26.8. The molecule has 6 heterocycles. The minimum absolute atomic E-state index is 0.0609. The number of hydrogen-bond acceptors (Lipinski definition) is 10. The molecule has 3 fully saturated rings. The predicted octanol–water partition coefficient (Wildman–Crippen LogP) is 4.08. The highest BCUT2D eigenvalue weighted by molar-refractivity contribution is 5.99. The molecule has 0 radical (unpaired) electrons. The minimum atomic E-state index is -0.666. The van der Waals surface area contributed by atoms with Gasteiger partial charge in [-0.2, -0.15) is 4.98 Å². The molecule has 2 saturated heterocycles. The Morgan fingerprint density at radius 1 is 1.00 bits per heavy atom. The van der Waals surface area contributed by atoms with Gasteiger partial charge in [-0.25, -0.2) is 9.97 Å². The molecule has 15 nitrogen and oxygen atoms in total. The highest BCUT2D eigenvalue weighted by atomic mass is 16.3. The van der Waals surface area contributed by atoms with Crippen LogP contribution in [0, 0.1) is 5.41 Å². The van der Waals surface area contributed by atoms with Crippen molar-refractivity contribution in [3.05, 3.63) is 36.3 Å². The highest BCUT2D eigenvalue weighted by Gasteiger charge is 2.42. The number of nitrogens with zero attached hydrogens (tertiary/aromatic N) is 7. The molecule has 3 aliphatic heterocycles. The number of carbonyl (C=O) groups is 4. The second-order valence-electron chi connectivity index (χ2n) is 17.4. The van der Waals surface area contributed by atoms with E-state index in [0.717, 1.165) is 48.8 Å². The van der Waals surface area contributed by atoms with Gasteiger partial charge >= 0.3 is 0 Å². The Kier molecular flexibility index (Phi) is 11.5. The molecular weight excluding hydrogens is 713 g/mol. The number of unbranched alkanes of at least 4 members (excludes halogenated alkanes) is 2. The van der Waals surface area contributed by atoms with Gasteiger partial charge in [-0.3, -0.25) is 19.2 Å². The monoisotopic (exact) mass is 770 g/mol. The first-order valence-electron chi connectivity index (χ1n) is 20.5. The zero-order chi connectivity index (χ0) is 39.6. The standard InChI is InChI=1S/C41H58N10O5/c1-27-21-30(52)25-50(27)38(56)35(40(2,3)4)46-33(53)11-7-5-8-12-34(54)49-19-17-48(18-20-49)29-13-14-32(42-24-29)45-39-43-23-28-22-31-37(55)44-26-41(15-9-6-10-16-41)51(31)36(28)47-39/h13-14,22-24,27,30,35,52H,5-12,15-21,25-26H2,1-4H3,(H,44,55)(H,46,53)(H,42,43,45,47)/t27-,30-,35-/m1/s1. The number of carbonyl (C=O) groups excluding carboxylic acids is 4. The van der Waals surface area contributed by atoms with Crippen molar-refractivity contribution in [3.63, 3.8) is 0 Å². The largest absolute Gasteiger partial charge is 0.391 e. The summed E-state index contributed by atoms with van der Waals surface area (Å²) in [6, 6.07) is 5.09. The Morgan fingerprint density at radius 3 is 2.43 bits per heavy atom. The van der Waals surface area contributed by atoms with Gasteiger partial charge in [0.2, 0.25) is 23.7 Å². The van der Waals surface area contributed by atoms with Crippen molar-refractivity contribution < 1.29 is 24.3 Å². The molecule has 0 aromatic carbocycles. The quantitative estimate of drug-likeness (QED) is 0.208. The normalized spacial score (nSPS) is 21.5. The van der Waals surface area contributed by atoms with Crippen LogP contribution in [-0.2, 0) is 19.9 Å². The third-order valence-corrected chi connectivity index (χ3v) is 12.1. The lowest BCUT2D eigenvalue weighted by Crippen LogP contribution is -2.55. The van der Waals surface area contributed by atoms with E-state index in [2.05, 4.69) is 35.4 Å². The van der Waals surface area contributed by atoms with E-state index < -0.39 is 17.6 Å². The van der Waals surface area contributed by atoms with Gasteiger partial charge < -0.3 is 40.3 Å². The summed E-state index contributed by atoms with van der Waals surface area (Å²) in [6.45, 7) is 11.3. The number of pyridine rings is 1. The summed E-state index contributed by atoms with van der Waals surface area (Å²) in [5, 5.41) is 20.2. The summed E-state index contributed by atoms with van der Waals surface area (Å²) < 4.78 is 2.16. The topological polar surface area (TPSA) is 178 Å². The molecule has 56 heavy (non-hydrogen) atoms. The van der Waals surface area contributed by atoms with Gasteiger partial charge in [0.25, 0.3) is 5.91 Å². The second-order valence-corrected chi connectivity index (χ2v) is 17.4. The van der Waals surface area contributed by atoms with E-state index >= 15 is 0 Å². The smallest absolute Gasteiger partial charge is 0.268 e. The molecule has 302 valence electrons. The van der Waals surface area contributed by atoms with Crippen LogP contribution in [0.1, 0.15) is 109 Å². The van der Waals surface area contributed by atoms with Crippen LogP contribution in [-0.4, -0.2) is 116 Å². The fourth-order valence-electron chi connectivity index (χ4n) is 8.95. The average molecular weight is 771 g/mol. The van der Waals surface area contributed by atoms with Gasteiger partial charge in [0, 0.05) is 69.7 Å². The van der Waals surface area contributed by atoms with E-state index in [-0.39, 0.29) is 35.2 Å². The molecule has 0 bridgehead atoms. The molecule has 3 atom stereocenters. The first kappa shape index (κ1) is 39.4. The molecule has 15 heteroatoms. The van der Waals surface area contributed by atoms with Crippen LogP contribution in [0.25, 0.3) is 11.0 Å².